The standard InChI is InChI=1S/C21H25ClN4O4S/c1-14(20(27)25-10-7-23-8-11-25)26-9-6-19(21(26)28)24-31(29,30)18-5-3-15-12-17(22)4-2-16(15)13-18/h2-5,12-14,19,23-24H,6-11H2,1H3/t14-,19-/m0/s1. The number of benzene rings is 2. The van der Waals surface area contributed by atoms with E-state index in [9.17, 15) is 18.0 Å². The summed E-state index contributed by atoms with van der Waals surface area (Å²) in [6.07, 6.45) is 0.320. The molecule has 0 saturated carbocycles. The van der Waals surface area contributed by atoms with Gasteiger partial charge in [0, 0.05) is 37.7 Å². The molecule has 0 radical (unpaired) electrons. The van der Waals surface area contributed by atoms with Crippen LogP contribution in [0.2, 0.25) is 5.02 Å². The van der Waals surface area contributed by atoms with Gasteiger partial charge in [-0.2, -0.15) is 4.72 Å². The van der Waals surface area contributed by atoms with Gasteiger partial charge in [-0.1, -0.05) is 23.7 Å². The highest BCUT2D eigenvalue weighted by Crippen LogP contribution is 2.24. The molecule has 2 aliphatic rings. The summed E-state index contributed by atoms with van der Waals surface area (Å²) in [7, 11) is -3.90. The lowest BCUT2D eigenvalue weighted by Gasteiger charge is -2.33. The number of likely N-dealkylation sites (tertiary alicyclic amines) is 1. The Morgan fingerprint density at radius 3 is 2.55 bits per heavy atom. The number of hydrogen-bond donors (Lipinski definition) is 2. The normalized spacial score (nSPS) is 21.0. The van der Waals surface area contributed by atoms with Gasteiger partial charge in [0.2, 0.25) is 21.8 Å². The summed E-state index contributed by atoms with van der Waals surface area (Å²) < 4.78 is 28.3. The van der Waals surface area contributed by atoms with E-state index in [0.717, 1.165) is 23.9 Å². The Labute approximate surface area is 186 Å². The van der Waals surface area contributed by atoms with Gasteiger partial charge >= 0.3 is 0 Å². The van der Waals surface area contributed by atoms with Gasteiger partial charge in [0.05, 0.1) is 4.90 Å². The van der Waals surface area contributed by atoms with E-state index in [0.29, 0.717) is 31.1 Å². The van der Waals surface area contributed by atoms with Gasteiger partial charge in [-0.25, -0.2) is 8.42 Å². The zero-order valence-electron chi connectivity index (χ0n) is 17.2. The Morgan fingerprint density at radius 2 is 1.81 bits per heavy atom. The minimum Gasteiger partial charge on any atom is -0.338 e. The van der Waals surface area contributed by atoms with E-state index < -0.39 is 22.1 Å². The molecule has 0 aromatic heterocycles. The lowest BCUT2D eigenvalue weighted by molar-refractivity contribution is -0.143. The molecule has 0 spiro atoms. The van der Waals surface area contributed by atoms with Crippen LogP contribution in [0.4, 0.5) is 0 Å². The molecule has 2 saturated heterocycles. The Bertz CT molecular complexity index is 1120. The molecule has 0 unspecified atom stereocenters. The van der Waals surface area contributed by atoms with Gasteiger partial charge in [-0.3, -0.25) is 9.59 Å². The first kappa shape index (κ1) is 22.0. The summed E-state index contributed by atoms with van der Waals surface area (Å²) in [6.45, 7) is 4.71. The van der Waals surface area contributed by atoms with Crippen LogP contribution in [0.15, 0.2) is 41.3 Å². The summed E-state index contributed by atoms with van der Waals surface area (Å²) in [5.41, 5.74) is 0. The summed E-state index contributed by atoms with van der Waals surface area (Å²) >= 11 is 5.99. The molecule has 2 fully saturated rings. The van der Waals surface area contributed by atoms with E-state index in [4.69, 9.17) is 11.6 Å². The number of amides is 2. The van der Waals surface area contributed by atoms with Gasteiger partial charge in [0.25, 0.3) is 0 Å². The van der Waals surface area contributed by atoms with Gasteiger partial charge < -0.3 is 15.1 Å². The van der Waals surface area contributed by atoms with Crippen molar-refractivity contribution in [3.8, 4) is 0 Å². The second-order valence-electron chi connectivity index (χ2n) is 7.90. The van der Waals surface area contributed by atoms with Crippen LogP contribution in [0, 0.1) is 0 Å². The molecule has 31 heavy (non-hydrogen) atoms. The van der Waals surface area contributed by atoms with Crippen LogP contribution in [0.5, 0.6) is 0 Å². The average Bonchev–Trinajstić information content (AvgIpc) is 3.12. The van der Waals surface area contributed by atoms with E-state index in [1.165, 1.54) is 11.0 Å². The van der Waals surface area contributed by atoms with E-state index in [-0.39, 0.29) is 16.7 Å². The molecular formula is C21H25ClN4O4S. The van der Waals surface area contributed by atoms with Crippen molar-refractivity contribution in [2.24, 2.45) is 0 Å². The fourth-order valence-corrected chi connectivity index (χ4v) is 5.53. The zero-order valence-corrected chi connectivity index (χ0v) is 18.7. The van der Waals surface area contributed by atoms with Crippen LogP contribution in [-0.2, 0) is 19.6 Å². The second kappa shape index (κ2) is 8.74. The van der Waals surface area contributed by atoms with Crippen LogP contribution in [0.25, 0.3) is 10.8 Å². The van der Waals surface area contributed by atoms with Gasteiger partial charge in [0.15, 0.2) is 0 Å². The van der Waals surface area contributed by atoms with Crippen LogP contribution >= 0.6 is 11.6 Å². The predicted octanol–water partition coefficient (Wildman–Crippen LogP) is 1.19. The first-order valence-corrected chi connectivity index (χ1v) is 12.1. The predicted molar refractivity (Wildman–Crippen MR) is 118 cm³/mol. The lowest BCUT2D eigenvalue weighted by Crippen LogP contribution is -2.54. The molecule has 0 bridgehead atoms. The van der Waals surface area contributed by atoms with E-state index in [1.54, 1.807) is 42.2 Å². The monoisotopic (exact) mass is 464 g/mol. The van der Waals surface area contributed by atoms with Gasteiger partial charge in [0.1, 0.15) is 12.1 Å². The Morgan fingerprint density at radius 1 is 1.13 bits per heavy atom. The molecule has 2 aliphatic heterocycles. The third-order valence-electron chi connectivity index (χ3n) is 5.87. The number of carbonyl (C=O) groups excluding carboxylic acids is 2. The van der Waals surface area contributed by atoms with Crippen molar-refractivity contribution in [3.63, 3.8) is 0 Å². The van der Waals surface area contributed by atoms with Crippen molar-refractivity contribution in [2.75, 3.05) is 32.7 Å². The van der Waals surface area contributed by atoms with Crippen molar-refractivity contribution in [1.29, 1.82) is 0 Å². The maximum absolute atomic E-state index is 12.9. The quantitative estimate of drug-likeness (QED) is 0.692. The topological polar surface area (TPSA) is 98.8 Å². The molecule has 2 amide bonds. The first-order chi connectivity index (χ1) is 14.8. The number of carbonyl (C=O) groups is 2. The number of sulfonamides is 1. The average molecular weight is 465 g/mol. The number of nitrogens with zero attached hydrogens (tertiary/aromatic N) is 2. The molecule has 2 N–H and O–H groups in total. The molecule has 166 valence electrons. The molecule has 0 aliphatic carbocycles. The number of halogens is 1. The Hall–Kier alpha value is -2.20. The van der Waals surface area contributed by atoms with Crippen LogP contribution < -0.4 is 10.0 Å². The number of hydrogen-bond acceptors (Lipinski definition) is 5. The molecular weight excluding hydrogens is 440 g/mol. The zero-order chi connectivity index (χ0) is 22.2. The second-order valence-corrected chi connectivity index (χ2v) is 10.0. The van der Waals surface area contributed by atoms with Gasteiger partial charge in [-0.15, -0.1) is 0 Å². The van der Waals surface area contributed by atoms with E-state index in [1.807, 2.05) is 0 Å². The maximum atomic E-state index is 12.9. The summed E-state index contributed by atoms with van der Waals surface area (Å²) in [6, 6.07) is 8.44. The highest BCUT2D eigenvalue weighted by molar-refractivity contribution is 7.89. The van der Waals surface area contributed by atoms with Crippen molar-refractivity contribution in [3.05, 3.63) is 41.4 Å². The minimum absolute atomic E-state index is 0.0820. The summed E-state index contributed by atoms with van der Waals surface area (Å²) in [5.74, 6) is -0.473. The van der Waals surface area contributed by atoms with Crippen molar-refractivity contribution in [1.82, 2.24) is 19.8 Å². The smallest absolute Gasteiger partial charge is 0.245 e. The van der Waals surface area contributed by atoms with Crippen molar-refractivity contribution >= 4 is 44.2 Å². The van der Waals surface area contributed by atoms with Crippen molar-refractivity contribution in [2.45, 2.75) is 30.3 Å². The maximum Gasteiger partial charge on any atom is 0.245 e. The summed E-state index contributed by atoms with van der Waals surface area (Å²) in [5, 5.41) is 5.33. The first-order valence-electron chi connectivity index (χ1n) is 10.3. The molecule has 2 heterocycles. The number of fused-ring (bicyclic) bond motifs is 1. The number of piperazine rings is 1. The van der Waals surface area contributed by atoms with Crippen LogP contribution in [0.3, 0.4) is 0 Å². The number of rotatable bonds is 5. The van der Waals surface area contributed by atoms with Crippen LogP contribution in [0.1, 0.15) is 13.3 Å². The fraction of sp³-hybridized carbons (Fsp3) is 0.429. The number of nitrogens with one attached hydrogen (secondary N) is 2. The Balaban J connectivity index is 1.46. The largest absolute Gasteiger partial charge is 0.338 e. The third-order valence-corrected chi connectivity index (χ3v) is 7.58. The third kappa shape index (κ3) is 4.55. The molecule has 2 aromatic carbocycles. The molecule has 2 aromatic rings. The highest BCUT2D eigenvalue weighted by Gasteiger charge is 2.40. The van der Waals surface area contributed by atoms with E-state index >= 15 is 0 Å². The summed E-state index contributed by atoms with van der Waals surface area (Å²) in [4.78, 5) is 28.9. The lowest BCUT2D eigenvalue weighted by atomic mass is 10.1. The van der Waals surface area contributed by atoms with Gasteiger partial charge in [-0.05, 0) is 48.4 Å². The SMILES string of the molecule is C[C@@H](C(=O)N1CCNCC1)N1CC[C@H](NS(=O)(=O)c2ccc3cc(Cl)ccc3c2)C1=O. The molecule has 2 atom stereocenters. The Kier molecular flexibility index (Phi) is 6.20. The molecule has 4 rings (SSSR count). The fourth-order valence-electron chi connectivity index (χ4n) is 4.10. The highest BCUT2D eigenvalue weighted by atomic mass is 35.5. The van der Waals surface area contributed by atoms with Crippen molar-refractivity contribution < 1.29 is 18.0 Å². The van der Waals surface area contributed by atoms with Crippen LogP contribution in [-0.4, -0.2) is 74.8 Å². The molecule has 8 nitrogen and oxygen atoms in total. The van der Waals surface area contributed by atoms with E-state index in [2.05, 4.69) is 10.0 Å². The minimum atomic E-state index is -3.90. The molecule has 10 heteroatoms.